The van der Waals surface area contributed by atoms with Crippen molar-refractivity contribution in [3.63, 3.8) is 0 Å². The largest absolute Gasteiger partial charge is 0.353 e. The summed E-state index contributed by atoms with van der Waals surface area (Å²) in [7, 11) is 0. The Balaban J connectivity index is 1.40. The van der Waals surface area contributed by atoms with Gasteiger partial charge in [0.05, 0.1) is 0 Å². The minimum atomic E-state index is -0.189. The van der Waals surface area contributed by atoms with Crippen LogP contribution in [-0.4, -0.2) is 17.5 Å². The molecule has 3 heteroatoms. The Bertz CT molecular complexity index is 405. The number of hydrogen-bond donors (Lipinski definition) is 2. The van der Waals surface area contributed by atoms with Crippen LogP contribution in [0.2, 0.25) is 0 Å². The first-order chi connectivity index (χ1) is 9.96. The first-order valence-electron chi connectivity index (χ1n) is 9.05. The second-order valence-corrected chi connectivity index (χ2v) is 8.96. The molecule has 1 amide bonds. The van der Waals surface area contributed by atoms with Crippen molar-refractivity contribution in [3.8, 4) is 0 Å². The van der Waals surface area contributed by atoms with Gasteiger partial charge >= 0.3 is 0 Å². The Morgan fingerprint density at radius 2 is 1.67 bits per heavy atom. The minimum absolute atomic E-state index is 0.189. The molecule has 1 atom stereocenters. The summed E-state index contributed by atoms with van der Waals surface area (Å²) in [5, 5.41) is 3.34. The van der Waals surface area contributed by atoms with E-state index in [0.29, 0.717) is 17.9 Å². The van der Waals surface area contributed by atoms with Crippen LogP contribution >= 0.6 is 0 Å². The number of nitrogens with two attached hydrogens (primary N) is 1. The molecule has 0 spiro atoms. The summed E-state index contributed by atoms with van der Waals surface area (Å²) in [5.41, 5.74) is 6.44. The summed E-state index contributed by atoms with van der Waals surface area (Å²) in [6, 6.07) is 0.335. The van der Waals surface area contributed by atoms with Gasteiger partial charge in [0.15, 0.2) is 0 Å². The first-order valence-corrected chi connectivity index (χ1v) is 9.05. The number of amides is 1. The van der Waals surface area contributed by atoms with Crippen LogP contribution < -0.4 is 11.1 Å². The molecule has 1 unspecified atom stereocenters. The van der Waals surface area contributed by atoms with Gasteiger partial charge in [0.2, 0.25) is 5.91 Å². The van der Waals surface area contributed by atoms with Crippen LogP contribution in [0.5, 0.6) is 0 Å². The van der Waals surface area contributed by atoms with E-state index in [9.17, 15) is 4.79 Å². The van der Waals surface area contributed by atoms with E-state index in [1.54, 1.807) is 0 Å². The molecule has 0 aliphatic heterocycles. The highest BCUT2D eigenvalue weighted by atomic mass is 16.1. The van der Waals surface area contributed by atoms with Crippen molar-refractivity contribution in [1.82, 2.24) is 5.32 Å². The molecule has 4 bridgehead atoms. The van der Waals surface area contributed by atoms with E-state index >= 15 is 0 Å². The highest BCUT2D eigenvalue weighted by molar-refractivity contribution is 5.77. The molecule has 0 saturated heterocycles. The zero-order valence-corrected chi connectivity index (χ0v) is 13.4. The lowest BCUT2D eigenvalue weighted by Crippen LogP contribution is -2.57. The first kappa shape index (κ1) is 14.0. The molecule has 0 aromatic heterocycles. The average molecular weight is 290 g/mol. The van der Waals surface area contributed by atoms with Gasteiger partial charge in [-0.2, -0.15) is 0 Å². The van der Waals surface area contributed by atoms with Crippen molar-refractivity contribution in [3.05, 3.63) is 0 Å². The standard InChI is InChI=1S/C18H30N2O/c1-12(20-16(21)11-18(19)3-2-4-18)17-8-13-5-14(9-17)7-15(6-13)10-17/h12-15H,2-11,19H2,1H3,(H,20,21). The maximum absolute atomic E-state index is 12.4. The summed E-state index contributed by atoms with van der Waals surface area (Å²) in [5.74, 6) is 3.04. The molecule has 21 heavy (non-hydrogen) atoms. The monoisotopic (exact) mass is 290 g/mol. The van der Waals surface area contributed by atoms with Crippen molar-refractivity contribution < 1.29 is 4.79 Å². The van der Waals surface area contributed by atoms with Crippen LogP contribution in [0.15, 0.2) is 0 Å². The predicted octanol–water partition coefficient (Wildman–Crippen LogP) is 2.98. The lowest BCUT2D eigenvalue weighted by atomic mass is 9.48. The molecule has 5 rings (SSSR count). The molecule has 5 aliphatic carbocycles. The van der Waals surface area contributed by atoms with Gasteiger partial charge in [-0.3, -0.25) is 4.79 Å². The van der Waals surface area contributed by atoms with Crippen molar-refractivity contribution in [2.24, 2.45) is 28.9 Å². The lowest BCUT2D eigenvalue weighted by Gasteiger charge is -2.59. The molecule has 5 saturated carbocycles. The Labute approximate surface area is 128 Å². The number of carbonyl (C=O) groups excluding carboxylic acids is 1. The van der Waals surface area contributed by atoms with Gasteiger partial charge < -0.3 is 11.1 Å². The molecule has 5 aliphatic rings. The van der Waals surface area contributed by atoms with Crippen LogP contribution in [0.1, 0.15) is 71.1 Å². The van der Waals surface area contributed by atoms with E-state index in [4.69, 9.17) is 5.73 Å². The third-order valence-electron chi connectivity index (χ3n) is 7.24. The van der Waals surface area contributed by atoms with Crippen molar-refractivity contribution in [2.75, 3.05) is 0 Å². The normalized spacial score (nSPS) is 44.2. The van der Waals surface area contributed by atoms with Crippen LogP contribution in [-0.2, 0) is 4.79 Å². The smallest absolute Gasteiger partial charge is 0.222 e. The summed E-state index contributed by atoms with van der Waals surface area (Å²) in [6.45, 7) is 2.26. The maximum atomic E-state index is 12.4. The van der Waals surface area contributed by atoms with E-state index in [1.165, 1.54) is 44.9 Å². The van der Waals surface area contributed by atoms with Crippen LogP contribution in [0.4, 0.5) is 0 Å². The molecule has 0 radical (unpaired) electrons. The van der Waals surface area contributed by atoms with Gasteiger partial charge in [-0.15, -0.1) is 0 Å². The number of carbonyl (C=O) groups is 1. The molecule has 0 aromatic rings. The maximum Gasteiger partial charge on any atom is 0.222 e. The molecule has 118 valence electrons. The van der Waals surface area contributed by atoms with Crippen molar-refractivity contribution >= 4 is 5.91 Å². The van der Waals surface area contributed by atoms with Crippen LogP contribution in [0.3, 0.4) is 0 Å². The summed E-state index contributed by atoms with van der Waals surface area (Å²) < 4.78 is 0. The zero-order valence-electron chi connectivity index (χ0n) is 13.4. The predicted molar refractivity (Wildman–Crippen MR) is 83.6 cm³/mol. The van der Waals surface area contributed by atoms with Crippen molar-refractivity contribution in [2.45, 2.75) is 82.7 Å². The van der Waals surface area contributed by atoms with Crippen LogP contribution in [0.25, 0.3) is 0 Å². The van der Waals surface area contributed by atoms with Gasteiger partial charge in [-0.1, -0.05) is 0 Å². The molecule has 3 N–H and O–H groups in total. The summed E-state index contributed by atoms with van der Waals surface area (Å²) >= 11 is 0. The van der Waals surface area contributed by atoms with E-state index in [2.05, 4.69) is 12.2 Å². The fourth-order valence-corrected chi connectivity index (χ4v) is 6.28. The topological polar surface area (TPSA) is 55.1 Å². The van der Waals surface area contributed by atoms with E-state index < -0.39 is 0 Å². The van der Waals surface area contributed by atoms with E-state index in [1.807, 2.05) is 0 Å². The molecule has 0 heterocycles. The minimum Gasteiger partial charge on any atom is -0.353 e. The summed E-state index contributed by atoms with van der Waals surface area (Å²) in [4.78, 5) is 12.4. The SMILES string of the molecule is CC(NC(=O)CC1(N)CCC1)C12CC3CC(CC(C3)C1)C2. The zero-order chi connectivity index (χ0) is 14.7. The third-order valence-corrected chi connectivity index (χ3v) is 7.24. The van der Waals surface area contributed by atoms with Gasteiger partial charge in [0.25, 0.3) is 0 Å². The average Bonchev–Trinajstić information content (AvgIpc) is 2.35. The Kier molecular flexibility index (Phi) is 3.15. The molecular weight excluding hydrogens is 260 g/mol. The quantitative estimate of drug-likeness (QED) is 0.836. The highest BCUT2D eigenvalue weighted by Gasteiger charge is 2.53. The van der Waals surface area contributed by atoms with Gasteiger partial charge in [-0.25, -0.2) is 0 Å². The van der Waals surface area contributed by atoms with Gasteiger partial charge in [-0.05, 0) is 87.9 Å². The van der Waals surface area contributed by atoms with E-state index in [0.717, 1.165) is 30.6 Å². The number of hydrogen-bond acceptors (Lipinski definition) is 2. The fourth-order valence-electron chi connectivity index (χ4n) is 6.28. The number of rotatable bonds is 4. The summed E-state index contributed by atoms with van der Waals surface area (Å²) in [6.07, 6.45) is 12.2. The highest BCUT2D eigenvalue weighted by Crippen LogP contribution is 2.61. The van der Waals surface area contributed by atoms with Gasteiger partial charge in [0, 0.05) is 18.0 Å². The van der Waals surface area contributed by atoms with Gasteiger partial charge in [0.1, 0.15) is 0 Å². The second-order valence-electron chi connectivity index (χ2n) is 8.96. The van der Waals surface area contributed by atoms with Crippen LogP contribution in [0, 0.1) is 23.2 Å². The Morgan fingerprint density at radius 3 is 2.10 bits per heavy atom. The molecule has 5 fully saturated rings. The van der Waals surface area contributed by atoms with E-state index in [-0.39, 0.29) is 11.4 Å². The Hall–Kier alpha value is -0.570. The molecular formula is C18H30N2O. The molecule has 0 aromatic carbocycles. The van der Waals surface area contributed by atoms with Crippen molar-refractivity contribution in [1.29, 1.82) is 0 Å². The number of nitrogens with one attached hydrogen (secondary N) is 1. The lowest BCUT2D eigenvalue weighted by molar-refractivity contribution is -0.127. The second kappa shape index (κ2) is 4.71. The fraction of sp³-hybridized carbons (Fsp3) is 0.944. The Morgan fingerprint density at radius 1 is 1.14 bits per heavy atom. The molecule has 3 nitrogen and oxygen atoms in total. The third kappa shape index (κ3) is 2.42.